The highest BCUT2D eigenvalue weighted by Gasteiger charge is 2.32. The zero-order chi connectivity index (χ0) is 34.9. The normalized spacial score (nSPS) is 19.5. The van der Waals surface area contributed by atoms with Crippen LogP contribution in [-0.4, -0.2) is 86.5 Å². The summed E-state index contributed by atoms with van der Waals surface area (Å²) in [4.78, 5) is 33.5. The van der Waals surface area contributed by atoms with E-state index in [1.165, 1.54) is 30.1 Å². The maximum atomic E-state index is 13.5. The van der Waals surface area contributed by atoms with Crippen LogP contribution in [0.4, 0.5) is 30.9 Å². The van der Waals surface area contributed by atoms with Gasteiger partial charge in [-0.05, 0) is 38.7 Å². The Morgan fingerprint density at radius 3 is 2.37 bits per heavy atom. The number of rotatable bonds is 10. The maximum absolute atomic E-state index is 13.5. The smallest absolute Gasteiger partial charge is 0.474 e. The van der Waals surface area contributed by atoms with Crippen LogP contribution in [0.2, 0.25) is 0 Å². The molecule has 20 heteroatoms. The second-order valence-electron chi connectivity index (χ2n) is 11.8. The molecule has 1 saturated carbocycles. The summed E-state index contributed by atoms with van der Waals surface area (Å²) >= 11 is 0. The Morgan fingerprint density at radius 2 is 1.73 bits per heavy atom. The van der Waals surface area contributed by atoms with E-state index in [2.05, 4.69) is 30.0 Å². The maximum Gasteiger partial charge on any atom is 0.476 e. The number of hydrogen-bond donors (Lipinski definition) is 3. The van der Waals surface area contributed by atoms with Gasteiger partial charge in [0.1, 0.15) is 28.7 Å². The zero-order valence-electron chi connectivity index (χ0n) is 26.5. The first-order chi connectivity index (χ1) is 23.3. The van der Waals surface area contributed by atoms with Crippen LogP contribution in [0.25, 0.3) is 10.9 Å². The van der Waals surface area contributed by atoms with Crippen molar-refractivity contribution in [2.24, 2.45) is 7.05 Å². The van der Waals surface area contributed by atoms with Crippen molar-refractivity contribution in [1.29, 1.82) is 0 Å². The molecule has 4 aromatic heterocycles. The molecule has 1 aliphatic carbocycles. The molecule has 49 heavy (non-hydrogen) atoms. The second kappa shape index (κ2) is 13.7. The van der Waals surface area contributed by atoms with Gasteiger partial charge in [-0.1, -0.05) is 9.89 Å². The second-order valence-corrected chi connectivity index (χ2v) is 13.5. The molecule has 2 aliphatic rings. The predicted octanol–water partition coefficient (Wildman–Crippen LogP) is 3.65. The minimum Gasteiger partial charge on any atom is -0.474 e. The number of hydrogen-bond acceptors (Lipinski definition) is 12. The number of nitrogens with one attached hydrogen (secondary N) is 2. The average Bonchev–Trinajstić information content (AvgIpc) is 3.47. The van der Waals surface area contributed by atoms with Crippen molar-refractivity contribution in [3.8, 4) is 5.88 Å². The van der Waals surface area contributed by atoms with Crippen LogP contribution < -0.4 is 19.7 Å². The molecule has 0 radical (unpaired) electrons. The fourth-order valence-corrected chi connectivity index (χ4v) is 7.01. The average molecular weight is 708 g/mol. The van der Waals surface area contributed by atoms with Crippen LogP contribution in [0.3, 0.4) is 0 Å². The molecule has 1 unspecified atom stereocenters. The van der Waals surface area contributed by atoms with Gasteiger partial charge < -0.3 is 24.9 Å². The van der Waals surface area contributed by atoms with Gasteiger partial charge in [0.15, 0.2) is 4.92 Å². The first-order valence-electron chi connectivity index (χ1n) is 15.4. The molecule has 0 bridgehead atoms. The van der Waals surface area contributed by atoms with Crippen LogP contribution in [0.5, 0.6) is 5.88 Å². The summed E-state index contributed by atoms with van der Waals surface area (Å²) in [6.07, 6.45) is 1.60. The number of alkyl halides is 3. The number of halogens is 3. The fraction of sp³-hybridized carbons (Fsp3) is 0.483. The molecule has 4 aromatic rings. The summed E-state index contributed by atoms with van der Waals surface area (Å²) < 4.78 is 81.4. The van der Waals surface area contributed by atoms with Gasteiger partial charge in [0, 0.05) is 43.8 Å². The SMILES string of the molecule is CC(NS(=O)(=O)c1cnc2cc(N3CCOCC3)nc(OC3CCC(Nc4ncc(C(F)(F)F)cn4)CC3)c2c1)c1cnc([N+](=O)O)n1C. The number of anilines is 2. The Bertz CT molecular complexity index is 1930. The highest BCUT2D eigenvalue weighted by Crippen LogP contribution is 2.33. The minimum atomic E-state index is -4.52. The van der Waals surface area contributed by atoms with E-state index in [0.717, 1.165) is 12.4 Å². The van der Waals surface area contributed by atoms with Gasteiger partial charge >= 0.3 is 12.1 Å². The topological polar surface area (TPSA) is 190 Å². The lowest BCUT2D eigenvalue weighted by Gasteiger charge is -2.31. The number of fused-ring (bicyclic) bond motifs is 1. The van der Waals surface area contributed by atoms with Gasteiger partial charge in [0.05, 0.1) is 42.8 Å². The molecular formula is C29H34F3N10O6S+. The van der Waals surface area contributed by atoms with Crippen LogP contribution in [0, 0.1) is 4.91 Å². The van der Waals surface area contributed by atoms with E-state index < -0.39 is 32.7 Å². The molecule has 1 atom stereocenters. The first-order valence-corrected chi connectivity index (χ1v) is 16.9. The Kier molecular flexibility index (Phi) is 9.54. The number of aromatic nitrogens is 6. The lowest BCUT2D eigenvalue weighted by Crippen LogP contribution is -2.37. The van der Waals surface area contributed by atoms with Crippen LogP contribution in [0.15, 0.2) is 41.8 Å². The molecule has 1 aliphatic heterocycles. The van der Waals surface area contributed by atoms with Crippen molar-refractivity contribution < 1.29 is 41.2 Å². The third-order valence-corrected chi connectivity index (χ3v) is 9.97. The Hall–Kier alpha value is -4.69. The van der Waals surface area contributed by atoms with Crippen LogP contribution in [-0.2, 0) is 28.0 Å². The number of ether oxygens (including phenoxy) is 2. The van der Waals surface area contributed by atoms with Gasteiger partial charge in [-0.3, -0.25) is 4.98 Å². The summed E-state index contributed by atoms with van der Waals surface area (Å²) in [5.74, 6) is 0.623. The summed E-state index contributed by atoms with van der Waals surface area (Å²) in [5, 5.41) is 12.7. The van der Waals surface area contributed by atoms with Gasteiger partial charge in [0.2, 0.25) is 21.9 Å². The number of morpholine rings is 1. The van der Waals surface area contributed by atoms with Gasteiger partial charge in [-0.25, -0.2) is 27.7 Å². The quantitative estimate of drug-likeness (QED) is 0.203. The molecule has 0 aromatic carbocycles. The van der Waals surface area contributed by atoms with E-state index in [-0.39, 0.29) is 34.8 Å². The van der Waals surface area contributed by atoms with Crippen molar-refractivity contribution in [2.45, 2.75) is 61.9 Å². The molecule has 5 heterocycles. The lowest BCUT2D eigenvalue weighted by molar-refractivity contribution is -0.735. The van der Waals surface area contributed by atoms with Gasteiger partial charge in [-0.2, -0.15) is 18.2 Å². The number of pyridine rings is 2. The van der Waals surface area contributed by atoms with Crippen LogP contribution >= 0.6 is 0 Å². The molecule has 16 nitrogen and oxygen atoms in total. The fourth-order valence-electron chi connectivity index (χ4n) is 5.82. The standard InChI is InChI=1S/C29H34F3N10O6S/c1-17(24-16-36-28(40(24)2)42(43)44)39-49(45,46)21-11-22-23(33-15-21)12-25(41-7-9-47-10-8-41)38-26(22)48-20-5-3-19(4-6-20)37-27-34-13-18(14-35-27)29(30,31)32/h11-17,19-20,39H,3-10H2,1-2H3,(H,43,44)(H,34,35,37)/q+1. The van der Waals surface area contributed by atoms with Crippen molar-refractivity contribution in [3.05, 3.63) is 53.1 Å². The lowest BCUT2D eigenvalue weighted by atomic mass is 9.93. The minimum absolute atomic E-state index is 0.0861. The highest BCUT2D eigenvalue weighted by atomic mass is 32.2. The van der Waals surface area contributed by atoms with Gasteiger partial charge in [0.25, 0.3) is 0 Å². The van der Waals surface area contributed by atoms with E-state index in [0.29, 0.717) is 74.4 Å². The van der Waals surface area contributed by atoms with Crippen molar-refractivity contribution in [1.82, 2.24) is 34.2 Å². The third kappa shape index (κ3) is 7.65. The Labute approximate surface area is 278 Å². The van der Waals surface area contributed by atoms with E-state index in [9.17, 15) is 31.7 Å². The van der Waals surface area contributed by atoms with E-state index in [1.54, 1.807) is 13.0 Å². The summed E-state index contributed by atoms with van der Waals surface area (Å²) in [5.41, 5.74) is -0.118. The first kappa shape index (κ1) is 34.2. The number of sulfonamides is 1. The van der Waals surface area contributed by atoms with Crippen molar-refractivity contribution in [3.63, 3.8) is 0 Å². The van der Waals surface area contributed by atoms with Crippen molar-refractivity contribution in [2.75, 3.05) is 36.5 Å². The molecule has 1 saturated heterocycles. The molecule has 3 N–H and O–H groups in total. The Balaban J connectivity index is 1.21. The zero-order valence-corrected chi connectivity index (χ0v) is 27.3. The van der Waals surface area contributed by atoms with Crippen molar-refractivity contribution >= 4 is 38.6 Å². The molecular weight excluding hydrogens is 673 g/mol. The number of imidazole rings is 1. The molecule has 262 valence electrons. The summed E-state index contributed by atoms with van der Waals surface area (Å²) in [7, 11) is -2.69. The van der Waals surface area contributed by atoms with Crippen LogP contribution in [0.1, 0.15) is 49.9 Å². The molecule has 0 spiro atoms. The van der Waals surface area contributed by atoms with E-state index >= 15 is 0 Å². The monoisotopic (exact) mass is 707 g/mol. The Morgan fingerprint density at radius 1 is 1.04 bits per heavy atom. The highest BCUT2D eigenvalue weighted by molar-refractivity contribution is 7.89. The number of nitrogens with zero attached hydrogens (tertiary/aromatic N) is 8. The summed E-state index contributed by atoms with van der Waals surface area (Å²) in [6, 6.07) is 2.30. The molecule has 2 fully saturated rings. The summed E-state index contributed by atoms with van der Waals surface area (Å²) in [6.45, 7) is 3.82. The van der Waals surface area contributed by atoms with Gasteiger partial charge in [-0.15, -0.1) is 0 Å². The largest absolute Gasteiger partial charge is 0.476 e. The molecule has 0 amide bonds. The third-order valence-electron chi connectivity index (χ3n) is 8.46. The van der Waals surface area contributed by atoms with E-state index in [1.807, 2.05) is 4.90 Å². The predicted molar refractivity (Wildman–Crippen MR) is 167 cm³/mol. The molecule has 6 rings (SSSR count). The van der Waals surface area contributed by atoms with E-state index in [4.69, 9.17) is 14.5 Å².